The molecule has 0 heterocycles. The van der Waals surface area contributed by atoms with E-state index < -0.39 is 5.38 Å². The van der Waals surface area contributed by atoms with Crippen molar-refractivity contribution in [3.05, 3.63) is 29.8 Å². The molecular formula is C16H22ClNO2. The second-order valence-corrected chi connectivity index (χ2v) is 5.61. The van der Waals surface area contributed by atoms with E-state index >= 15 is 0 Å². The number of carbonyl (C=O) groups is 1. The van der Waals surface area contributed by atoms with Crippen LogP contribution < -0.4 is 10.1 Å². The van der Waals surface area contributed by atoms with Crippen molar-refractivity contribution in [2.45, 2.75) is 50.4 Å². The minimum absolute atomic E-state index is 0.120. The number of amides is 1. The van der Waals surface area contributed by atoms with Crippen LogP contribution in [-0.4, -0.2) is 18.6 Å². The number of alkyl halides is 1. The average molecular weight is 296 g/mol. The maximum Gasteiger partial charge on any atom is 0.242 e. The molecular weight excluding hydrogens is 274 g/mol. The number of nitrogens with one attached hydrogen (secondary N) is 1. The molecule has 2 rings (SSSR count). The van der Waals surface area contributed by atoms with Gasteiger partial charge in [0.25, 0.3) is 0 Å². The summed E-state index contributed by atoms with van der Waals surface area (Å²) in [7, 11) is 0. The van der Waals surface area contributed by atoms with E-state index in [1.54, 1.807) is 0 Å². The van der Waals surface area contributed by atoms with E-state index in [-0.39, 0.29) is 11.9 Å². The zero-order chi connectivity index (χ0) is 14.4. The van der Waals surface area contributed by atoms with Crippen LogP contribution in [0.5, 0.6) is 5.75 Å². The average Bonchev–Trinajstić information content (AvgIpc) is 2.48. The Morgan fingerprint density at radius 1 is 1.35 bits per heavy atom. The first-order valence-electron chi connectivity index (χ1n) is 7.38. The van der Waals surface area contributed by atoms with Gasteiger partial charge in [-0.05, 0) is 25.8 Å². The maximum absolute atomic E-state index is 12.3. The van der Waals surface area contributed by atoms with Crippen molar-refractivity contribution < 1.29 is 9.53 Å². The van der Waals surface area contributed by atoms with Crippen molar-refractivity contribution in [1.29, 1.82) is 0 Å². The Labute approximate surface area is 125 Å². The molecule has 3 nitrogen and oxygen atoms in total. The Bertz CT molecular complexity index is 444. The number of para-hydroxylation sites is 1. The minimum atomic E-state index is -0.695. The van der Waals surface area contributed by atoms with Crippen LogP contribution in [0.25, 0.3) is 0 Å². The molecule has 0 aliphatic heterocycles. The summed E-state index contributed by atoms with van der Waals surface area (Å²) in [5.41, 5.74) is 0.740. The quantitative estimate of drug-likeness (QED) is 0.839. The maximum atomic E-state index is 12.3. The molecule has 1 aromatic carbocycles. The monoisotopic (exact) mass is 295 g/mol. The molecule has 1 fully saturated rings. The summed E-state index contributed by atoms with van der Waals surface area (Å²) in [6, 6.07) is 7.74. The highest BCUT2D eigenvalue weighted by Crippen LogP contribution is 2.30. The van der Waals surface area contributed by atoms with Gasteiger partial charge in [0.1, 0.15) is 11.1 Å². The predicted octanol–water partition coefficient (Wildman–Crippen LogP) is 3.81. The lowest BCUT2D eigenvalue weighted by Crippen LogP contribution is -2.38. The van der Waals surface area contributed by atoms with E-state index in [0.29, 0.717) is 12.4 Å². The fourth-order valence-electron chi connectivity index (χ4n) is 2.64. The third-order valence-corrected chi connectivity index (χ3v) is 4.11. The molecule has 0 spiro atoms. The van der Waals surface area contributed by atoms with Gasteiger partial charge in [-0.2, -0.15) is 0 Å². The van der Waals surface area contributed by atoms with Gasteiger partial charge in [0.2, 0.25) is 5.91 Å². The third kappa shape index (κ3) is 3.89. The summed E-state index contributed by atoms with van der Waals surface area (Å²) in [4.78, 5) is 12.3. The van der Waals surface area contributed by atoms with Crippen LogP contribution in [0.3, 0.4) is 0 Å². The number of benzene rings is 1. The van der Waals surface area contributed by atoms with Gasteiger partial charge in [0, 0.05) is 11.6 Å². The minimum Gasteiger partial charge on any atom is -0.494 e. The number of rotatable bonds is 5. The topological polar surface area (TPSA) is 38.3 Å². The van der Waals surface area contributed by atoms with Gasteiger partial charge in [0.05, 0.1) is 6.61 Å². The summed E-state index contributed by atoms with van der Waals surface area (Å²) < 4.78 is 5.53. The van der Waals surface area contributed by atoms with Crippen molar-refractivity contribution in [3.63, 3.8) is 0 Å². The molecule has 0 saturated heterocycles. The molecule has 1 atom stereocenters. The normalized spacial score (nSPS) is 17.5. The summed E-state index contributed by atoms with van der Waals surface area (Å²) >= 11 is 6.32. The SMILES string of the molecule is CCOc1ccccc1C(Cl)C(=O)NC1CCCCC1. The Balaban J connectivity index is 2.02. The number of hydrogen-bond donors (Lipinski definition) is 1. The summed E-state index contributed by atoms with van der Waals surface area (Å²) in [6.45, 7) is 2.48. The second-order valence-electron chi connectivity index (χ2n) is 5.18. The van der Waals surface area contributed by atoms with Gasteiger partial charge in [-0.15, -0.1) is 11.6 Å². The number of hydrogen-bond acceptors (Lipinski definition) is 2. The standard InChI is InChI=1S/C16H22ClNO2/c1-2-20-14-11-7-6-10-13(14)15(17)16(19)18-12-8-4-3-5-9-12/h6-7,10-12,15H,2-5,8-9H2,1H3,(H,18,19). The molecule has 1 amide bonds. The van der Waals surface area contributed by atoms with Crippen LogP contribution in [0, 0.1) is 0 Å². The van der Waals surface area contributed by atoms with Crippen molar-refractivity contribution in [1.82, 2.24) is 5.32 Å². The molecule has 1 saturated carbocycles. The van der Waals surface area contributed by atoms with Gasteiger partial charge >= 0.3 is 0 Å². The number of halogens is 1. The first-order valence-corrected chi connectivity index (χ1v) is 7.82. The summed E-state index contributed by atoms with van der Waals surface area (Å²) in [6.07, 6.45) is 5.76. The zero-order valence-corrected chi connectivity index (χ0v) is 12.7. The lowest BCUT2D eigenvalue weighted by atomic mass is 9.95. The molecule has 1 aliphatic rings. The van der Waals surface area contributed by atoms with Gasteiger partial charge in [-0.1, -0.05) is 37.5 Å². The van der Waals surface area contributed by atoms with Gasteiger partial charge in [-0.25, -0.2) is 0 Å². The summed E-state index contributed by atoms with van der Waals surface area (Å²) in [5.74, 6) is 0.569. The Morgan fingerprint density at radius 2 is 2.05 bits per heavy atom. The van der Waals surface area contributed by atoms with Crippen LogP contribution in [0.2, 0.25) is 0 Å². The summed E-state index contributed by atoms with van der Waals surface area (Å²) in [5, 5.41) is 2.37. The first kappa shape index (κ1) is 15.2. The molecule has 0 aromatic heterocycles. The predicted molar refractivity (Wildman–Crippen MR) is 81.2 cm³/mol. The molecule has 4 heteroatoms. The van der Waals surface area contributed by atoms with E-state index in [9.17, 15) is 4.79 Å². The van der Waals surface area contributed by atoms with E-state index in [0.717, 1.165) is 18.4 Å². The zero-order valence-electron chi connectivity index (χ0n) is 11.9. The number of carbonyl (C=O) groups excluding carboxylic acids is 1. The lowest BCUT2D eigenvalue weighted by Gasteiger charge is -2.24. The van der Waals surface area contributed by atoms with E-state index in [1.165, 1.54) is 19.3 Å². The lowest BCUT2D eigenvalue weighted by molar-refractivity contribution is -0.121. The van der Waals surface area contributed by atoms with E-state index in [1.807, 2.05) is 31.2 Å². The van der Waals surface area contributed by atoms with Crippen molar-refractivity contribution in [3.8, 4) is 5.75 Å². The molecule has 0 bridgehead atoms. The van der Waals surface area contributed by atoms with Crippen LogP contribution in [0.4, 0.5) is 0 Å². The van der Waals surface area contributed by atoms with Crippen molar-refractivity contribution in [2.75, 3.05) is 6.61 Å². The van der Waals surface area contributed by atoms with Crippen LogP contribution in [-0.2, 0) is 4.79 Å². The fraction of sp³-hybridized carbons (Fsp3) is 0.562. The first-order chi connectivity index (χ1) is 9.72. The largest absolute Gasteiger partial charge is 0.494 e. The Morgan fingerprint density at radius 3 is 2.75 bits per heavy atom. The highest BCUT2D eigenvalue weighted by Gasteiger charge is 2.24. The third-order valence-electron chi connectivity index (χ3n) is 3.67. The van der Waals surface area contributed by atoms with Crippen LogP contribution >= 0.6 is 11.6 Å². The second kappa shape index (κ2) is 7.53. The molecule has 1 N–H and O–H groups in total. The van der Waals surface area contributed by atoms with Gasteiger partial charge in [-0.3, -0.25) is 4.79 Å². The highest BCUT2D eigenvalue weighted by molar-refractivity contribution is 6.31. The Kier molecular flexibility index (Phi) is 5.72. The van der Waals surface area contributed by atoms with E-state index in [4.69, 9.17) is 16.3 Å². The van der Waals surface area contributed by atoms with Gasteiger partial charge in [0.15, 0.2) is 0 Å². The highest BCUT2D eigenvalue weighted by atomic mass is 35.5. The molecule has 1 aromatic rings. The van der Waals surface area contributed by atoms with Gasteiger partial charge < -0.3 is 10.1 Å². The van der Waals surface area contributed by atoms with Crippen molar-refractivity contribution >= 4 is 17.5 Å². The van der Waals surface area contributed by atoms with Crippen LogP contribution in [0.15, 0.2) is 24.3 Å². The van der Waals surface area contributed by atoms with Crippen molar-refractivity contribution in [2.24, 2.45) is 0 Å². The fourth-order valence-corrected chi connectivity index (χ4v) is 2.88. The molecule has 110 valence electrons. The molecule has 1 unspecified atom stereocenters. The van der Waals surface area contributed by atoms with E-state index in [2.05, 4.69) is 5.32 Å². The smallest absolute Gasteiger partial charge is 0.242 e. The molecule has 20 heavy (non-hydrogen) atoms. The Hall–Kier alpha value is -1.22. The molecule has 1 aliphatic carbocycles. The number of ether oxygens (including phenoxy) is 1. The van der Waals surface area contributed by atoms with Crippen LogP contribution in [0.1, 0.15) is 50.0 Å². The molecule has 0 radical (unpaired) electrons.